The Bertz CT molecular complexity index is 2120. The molecule has 2 aliphatic carbocycles. The first-order valence-corrected chi connectivity index (χ1v) is 18.8. The minimum Gasteiger partial charge on any atom is -0.490 e. The van der Waals surface area contributed by atoms with Crippen LogP contribution in [0.5, 0.6) is 11.5 Å². The molecule has 2 aliphatic heterocycles. The number of thiazole rings is 1. The number of fused-ring (bicyclic) bond motifs is 9. The summed E-state index contributed by atoms with van der Waals surface area (Å²) in [5.41, 5.74) is 0.0322. The predicted molar refractivity (Wildman–Crippen MR) is 188 cm³/mol. The molecule has 264 valence electrons. The second-order valence-corrected chi connectivity index (χ2v) is 16.1. The maximum Gasteiger partial charge on any atom is 0.418 e. The fourth-order valence-electron chi connectivity index (χ4n) is 8.51. The van der Waals surface area contributed by atoms with Gasteiger partial charge in [-0.3, -0.25) is 24.1 Å². The molecule has 9 nitrogen and oxygen atoms in total. The normalized spacial score (nSPS) is 26.1. The Morgan fingerprint density at radius 3 is 2.43 bits per heavy atom. The first-order chi connectivity index (χ1) is 24.4. The van der Waals surface area contributed by atoms with E-state index in [1.807, 2.05) is 6.07 Å². The van der Waals surface area contributed by atoms with Crippen molar-refractivity contribution >= 4 is 68.1 Å². The van der Waals surface area contributed by atoms with Crippen LogP contribution in [0.15, 0.2) is 81.0 Å². The zero-order valence-corrected chi connectivity index (χ0v) is 30.0. The highest BCUT2D eigenvalue weighted by Crippen LogP contribution is 2.69. The van der Waals surface area contributed by atoms with Crippen molar-refractivity contribution in [3.8, 4) is 11.5 Å². The number of hydrogen-bond donors (Lipinski definition) is 2. The number of carbonyl (C=O) groups excluding carboxylic acids is 3. The van der Waals surface area contributed by atoms with Crippen LogP contribution >= 0.6 is 39.0 Å². The number of amides is 3. The number of rotatable bonds is 8. The lowest BCUT2D eigenvalue weighted by Crippen LogP contribution is -2.42. The average molecular weight is 801 g/mol. The van der Waals surface area contributed by atoms with Gasteiger partial charge >= 0.3 is 11.0 Å². The molecule has 3 fully saturated rings. The molecular formula is C36H29BrF3N3O6S2. The number of hydrogen-bond acceptors (Lipinski definition) is 8. The third-order valence-corrected chi connectivity index (χ3v) is 13.4. The number of halogens is 4. The Kier molecular flexibility index (Phi) is 8.57. The molecule has 3 aromatic carbocycles. The van der Waals surface area contributed by atoms with E-state index in [2.05, 4.69) is 26.2 Å². The van der Waals surface area contributed by atoms with Crippen molar-refractivity contribution in [2.75, 3.05) is 23.4 Å². The third kappa shape index (κ3) is 5.77. The highest BCUT2D eigenvalue weighted by Gasteiger charge is 2.69. The Hall–Kier alpha value is -4.08. The number of thioether (sulfide) groups is 1. The van der Waals surface area contributed by atoms with Gasteiger partial charge in [0.2, 0.25) is 11.8 Å². The van der Waals surface area contributed by atoms with Crippen molar-refractivity contribution in [3.05, 3.63) is 96.9 Å². The number of imide groups is 1. The lowest BCUT2D eigenvalue weighted by Gasteiger charge is -2.43. The first-order valence-electron chi connectivity index (χ1n) is 16.3. The summed E-state index contributed by atoms with van der Waals surface area (Å²) in [6, 6.07) is 17.1. The van der Waals surface area contributed by atoms with Gasteiger partial charge in [0, 0.05) is 20.5 Å². The summed E-state index contributed by atoms with van der Waals surface area (Å²) >= 11 is 6.14. The van der Waals surface area contributed by atoms with Crippen molar-refractivity contribution < 1.29 is 37.0 Å². The van der Waals surface area contributed by atoms with E-state index in [9.17, 15) is 32.3 Å². The third-order valence-electron chi connectivity index (χ3n) is 10.3. The fourth-order valence-corrected chi connectivity index (χ4v) is 11.7. The van der Waals surface area contributed by atoms with E-state index < -0.39 is 36.1 Å². The molecule has 4 unspecified atom stereocenters. The zero-order chi connectivity index (χ0) is 35.8. The van der Waals surface area contributed by atoms with Crippen LogP contribution in [0, 0.1) is 29.6 Å². The Morgan fingerprint density at radius 1 is 0.980 bits per heavy atom. The summed E-state index contributed by atoms with van der Waals surface area (Å²) in [7, 11) is 0. The van der Waals surface area contributed by atoms with Crippen molar-refractivity contribution in [2.24, 2.45) is 29.6 Å². The van der Waals surface area contributed by atoms with Gasteiger partial charge in [0.25, 0.3) is 5.91 Å². The molecule has 15 heteroatoms. The van der Waals surface area contributed by atoms with Gasteiger partial charge in [-0.1, -0.05) is 45.5 Å². The van der Waals surface area contributed by atoms with Gasteiger partial charge in [-0.2, -0.15) is 13.2 Å². The minimum absolute atomic E-state index is 0.0182. The van der Waals surface area contributed by atoms with Crippen LogP contribution in [0.1, 0.15) is 35.3 Å². The van der Waals surface area contributed by atoms with Crippen LogP contribution in [0.3, 0.4) is 0 Å². The number of para-hydroxylation sites is 1. The lowest BCUT2D eigenvalue weighted by molar-refractivity contribution is -0.137. The van der Waals surface area contributed by atoms with Gasteiger partial charge in [0.05, 0.1) is 40.4 Å². The number of carbonyl (C=O) groups is 3. The van der Waals surface area contributed by atoms with Crippen LogP contribution in [0.25, 0.3) is 0 Å². The molecular weight excluding hydrogens is 771 g/mol. The maximum absolute atomic E-state index is 14.0. The monoisotopic (exact) mass is 799 g/mol. The molecule has 2 N–H and O–H groups in total. The largest absolute Gasteiger partial charge is 0.490 e. The van der Waals surface area contributed by atoms with E-state index in [4.69, 9.17) is 9.47 Å². The van der Waals surface area contributed by atoms with Crippen LogP contribution in [-0.4, -0.2) is 41.2 Å². The number of aromatic nitrogens is 1. The fraction of sp³-hybridized carbons (Fsp3) is 0.333. The number of ether oxygens (including phenoxy) is 2. The van der Waals surface area contributed by atoms with Crippen molar-refractivity contribution in [1.29, 1.82) is 0 Å². The van der Waals surface area contributed by atoms with Gasteiger partial charge in [-0.15, -0.1) is 11.8 Å². The standard InChI is InChI=1S/C36H29BrF3N3O6S2/c1-2-48-24-13-16(7-12-23(24)49-15-25(44)41-22-6-4-3-5-21(22)36(38,39)40)26-27-19-14-20(30(27)50-32-31(26)51-35(47)42-32)29-28(19)33(45)43(34(29)46)18-10-8-17(37)9-11-18/h3-13,19-20,26-30H,2,14-15H2,1H3,(H,41,44)(H,42,47)/t19-,20-,26-,27?,28?,29?,30?/m1/s1. The highest BCUT2D eigenvalue weighted by atomic mass is 79.9. The number of benzene rings is 3. The maximum atomic E-state index is 14.0. The molecule has 4 aliphatic rings. The molecule has 4 aromatic rings. The molecule has 2 bridgehead atoms. The second kappa shape index (κ2) is 12.8. The summed E-state index contributed by atoms with van der Waals surface area (Å²) in [5.74, 6) is -1.99. The molecule has 51 heavy (non-hydrogen) atoms. The van der Waals surface area contributed by atoms with Crippen LogP contribution in [-0.2, 0) is 20.6 Å². The number of nitrogens with zero attached hydrogens (tertiary/aromatic N) is 1. The lowest BCUT2D eigenvalue weighted by atomic mass is 9.68. The molecule has 0 spiro atoms. The van der Waals surface area contributed by atoms with E-state index in [0.29, 0.717) is 11.4 Å². The number of aromatic amines is 1. The van der Waals surface area contributed by atoms with Gasteiger partial charge in [0.15, 0.2) is 18.1 Å². The van der Waals surface area contributed by atoms with Crippen LogP contribution in [0.4, 0.5) is 24.5 Å². The van der Waals surface area contributed by atoms with Crippen LogP contribution < -0.4 is 24.6 Å². The average Bonchev–Trinajstić information content (AvgIpc) is 3.83. The molecule has 3 amide bonds. The smallest absolute Gasteiger partial charge is 0.418 e. The minimum atomic E-state index is -4.65. The number of H-pyrrole nitrogens is 1. The summed E-state index contributed by atoms with van der Waals surface area (Å²) < 4.78 is 52.9. The summed E-state index contributed by atoms with van der Waals surface area (Å²) in [5, 5.41) is 3.02. The molecule has 7 atom stereocenters. The molecule has 2 saturated carbocycles. The molecule has 3 heterocycles. The van der Waals surface area contributed by atoms with Gasteiger partial charge < -0.3 is 19.8 Å². The zero-order valence-electron chi connectivity index (χ0n) is 26.7. The Labute approximate surface area is 306 Å². The second-order valence-electron chi connectivity index (χ2n) is 13.0. The Balaban J connectivity index is 1.08. The van der Waals surface area contributed by atoms with Gasteiger partial charge in [-0.25, -0.2) is 0 Å². The van der Waals surface area contributed by atoms with Gasteiger partial charge in [0.1, 0.15) is 0 Å². The van der Waals surface area contributed by atoms with Crippen molar-refractivity contribution in [1.82, 2.24) is 4.98 Å². The van der Waals surface area contributed by atoms with Crippen molar-refractivity contribution in [3.63, 3.8) is 0 Å². The number of alkyl halides is 3. The number of nitrogens with one attached hydrogen (secondary N) is 2. The van der Waals surface area contributed by atoms with E-state index in [1.54, 1.807) is 55.1 Å². The molecule has 8 rings (SSSR count). The molecule has 1 saturated heterocycles. The van der Waals surface area contributed by atoms with Crippen LogP contribution in [0.2, 0.25) is 0 Å². The van der Waals surface area contributed by atoms with Gasteiger partial charge in [-0.05, 0) is 85.2 Å². The van der Waals surface area contributed by atoms with E-state index in [-0.39, 0.29) is 63.7 Å². The predicted octanol–water partition coefficient (Wildman–Crippen LogP) is 7.31. The molecule has 0 radical (unpaired) electrons. The highest BCUT2D eigenvalue weighted by molar-refractivity contribution is 9.10. The Morgan fingerprint density at radius 2 is 1.71 bits per heavy atom. The summed E-state index contributed by atoms with van der Waals surface area (Å²) in [6.07, 6.45) is -3.92. The summed E-state index contributed by atoms with van der Waals surface area (Å²) in [6.45, 7) is 1.48. The number of anilines is 2. The first kappa shape index (κ1) is 34.0. The van der Waals surface area contributed by atoms with E-state index in [1.165, 1.54) is 23.1 Å². The van der Waals surface area contributed by atoms with Crippen molar-refractivity contribution in [2.45, 2.75) is 35.7 Å². The van der Waals surface area contributed by atoms with E-state index >= 15 is 0 Å². The van der Waals surface area contributed by atoms with E-state index in [0.717, 1.165) is 43.8 Å². The topological polar surface area (TPSA) is 118 Å². The molecule has 1 aromatic heterocycles. The SMILES string of the molecule is CCOc1cc([C@H]2c3sc(=O)[nH]c3SC3C2[C@H]2C[C@@H]3C3C(=O)N(c4ccc(Br)cc4)C(=O)C32)ccc1OCC(=O)Nc1ccccc1C(F)(F)F. The quantitative estimate of drug-likeness (QED) is 0.180. The summed E-state index contributed by atoms with van der Waals surface area (Å²) in [4.78, 5) is 58.4.